The van der Waals surface area contributed by atoms with Gasteiger partial charge >= 0.3 is 0 Å². The highest BCUT2D eigenvalue weighted by Gasteiger charge is 2.49. The lowest BCUT2D eigenvalue weighted by atomic mass is 9.91. The van der Waals surface area contributed by atoms with E-state index in [0.717, 1.165) is 37.7 Å². The second-order valence-electron chi connectivity index (χ2n) is 8.57. The molecule has 34 heavy (non-hydrogen) atoms. The number of likely N-dealkylation sites (tertiary alicyclic amines) is 1. The van der Waals surface area contributed by atoms with E-state index in [1.165, 1.54) is 0 Å². The summed E-state index contributed by atoms with van der Waals surface area (Å²) in [7, 11) is 0. The van der Waals surface area contributed by atoms with Gasteiger partial charge in [0.25, 0.3) is 11.7 Å². The fourth-order valence-electron chi connectivity index (χ4n) is 4.91. The topological polar surface area (TPSA) is 76.1 Å². The van der Waals surface area contributed by atoms with Crippen molar-refractivity contribution in [1.29, 1.82) is 0 Å². The molecule has 1 saturated heterocycles. The number of ether oxygens (including phenoxy) is 2. The average Bonchev–Trinajstić information content (AvgIpc) is 3.11. The van der Waals surface area contributed by atoms with E-state index in [4.69, 9.17) is 21.1 Å². The number of amides is 1. The molecule has 0 bridgehead atoms. The number of benzene rings is 2. The number of aliphatic hydroxyl groups is 1. The van der Waals surface area contributed by atoms with Gasteiger partial charge in [-0.15, -0.1) is 0 Å². The lowest BCUT2D eigenvalue weighted by Gasteiger charge is -2.35. The molecule has 7 heteroatoms. The largest absolute Gasteiger partial charge is 0.507 e. The number of halogens is 1. The molecule has 1 heterocycles. The number of ketones is 1. The van der Waals surface area contributed by atoms with Crippen LogP contribution in [-0.4, -0.2) is 41.0 Å². The Bertz CT molecular complexity index is 1090. The Morgan fingerprint density at radius 1 is 0.971 bits per heavy atom. The van der Waals surface area contributed by atoms with Crippen molar-refractivity contribution in [2.45, 2.75) is 58.0 Å². The minimum Gasteiger partial charge on any atom is -0.507 e. The number of Topliss-reactive ketones (excluding diaryl/α,β-unsaturated/α-hetero) is 1. The first-order chi connectivity index (χ1) is 16.5. The van der Waals surface area contributed by atoms with Crippen LogP contribution in [0.3, 0.4) is 0 Å². The zero-order chi connectivity index (χ0) is 24.2. The summed E-state index contributed by atoms with van der Waals surface area (Å²) >= 11 is 6.41. The third-order valence-corrected chi connectivity index (χ3v) is 6.79. The predicted molar refractivity (Wildman–Crippen MR) is 131 cm³/mol. The second kappa shape index (κ2) is 10.5. The fraction of sp³-hybridized carbons (Fsp3) is 0.407. The molecule has 2 aliphatic rings. The van der Waals surface area contributed by atoms with Crippen LogP contribution in [0.4, 0.5) is 0 Å². The Hall–Kier alpha value is -2.99. The number of hydrogen-bond donors (Lipinski definition) is 1. The SMILES string of the molecule is CCOc1ccc(C2/C(=C(\O)c3cc(OCC)ccc3Cl)C(=O)C(=O)N2C2CCCCC2)cc1. The zero-order valence-corrected chi connectivity index (χ0v) is 20.3. The molecule has 2 fully saturated rings. The molecule has 0 spiro atoms. The predicted octanol–water partition coefficient (Wildman–Crippen LogP) is 5.89. The van der Waals surface area contributed by atoms with Gasteiger partial charge < -0.3 is 19.5 Å². The third kappa shape index (κ3) is 4.64. The van der Waals surface area contributed by atoms with Gasteiger partial charge in [0.1, 0.15) is 17.3 Å². The van der Waals surface area contributed by atoms with Crippen LogP contribution in [0.2, 0.25) is 5.02 Å². The maximum atomic E-state index is 13.3. The maximum Gasteiger partial charge on any atom is 0.295 e. The highest BCUT2D eigenvalue weighted by Crippen LogP contribution is 2.44. The molecule has 1 atom stereocenters. The van der Waals surface area contributed by atoms with Gasteiger partial charge in [-0.05, 0) is 62.6 Å². The Kier molecular flexibility index (Phi) is 7.47. The number of carbonyl (C=O) groups excluding carboxylic acids is 2. The van der Waals surface area contributed by atoms with Gasteiger partial charge in [-0.25, -0.2) is 0 Å². The molecule has 1 saturated carbocycles. The first kappa shape index (κ1) is 24.1. The molecule has 1 amide bonds. The van der Waals surface area contributed by atoms with Crippen LogP contribution in [0.15, 0.2) is 48.0 Å². The van der Waals surface area contributed by atoms with Crippen molar-refractivity contribution in [2.75, 3.05) is 13.2 Å². The number of aliphatic hydroxyl groups excluding tert-OH is 1. The van der Waals surface area contributed by atoms with Crippen molar-refractivity contribution in [3.63, 3.8) is 0 Å². The monoisotopic (exact) mass is 483 g/mol. The summed E-state index contributed by atoms with van der Waals surface area (Å²) in [5.41, 5.74) is 1.06. The summed E-state index contributed by atoms with van der Waals surface area (Å²) in [4.78, 5) is 28.3. The van der Waals surface area contributed by atoms with Gasteiger partial charge in [-0.3, -0.25) is 9.59 Å². The van der Waals surface area contributed by atoms with Gasteiger partial charge in [0, 0.05) is 11.6 Å². The highest BCUT2D eigenvalue weighted by atomic mass is 35.5. The summed E-state index contributed by atoms with van der Waals surface area (Å²) < 4.78 is 11.1. The van der Waals surface area contributed by atoms with E-state index < -0.39 is 17.7 Å². The Labute approximate surface area is 205 Å². The van der Waals surface area contributed by atoms with Crippen LogP contribution in [0.1, 0.15) is 63.1 Å². The molecule has 2 aromatic carbocycles. The van der Waals surface area contributed by atoms with E-state index in [9.17, 15) is 14.7 Å². The molecule has 6 nitrogen and oxygen atoms in total. The van der Waals surface area contributed by atoms with Crippen LogP contribution >= 0.6 is 11.6 Å². The number of carbonyl (C=O) groups is 2. The van der Waals surface area contributed by atoms with Crippen molar-refractivity contribution >= 4 is 29.1 Å². The quantitative estimate of drug-likeness (QED) is 0.302. The molecule has 1 N–H and O–H groups in total. The first-order valence-corrected chi connectivity index (χ1v) is 12.3. The molecule has 0 aromatic heterocycles. The standard InChI is InChI=1S/C27H30ClNO5/c1-3-33-19-12-10-17(11-13-19)24-23(25(30)21-16-20(34-4-2)14-15-22(21)28)26(31)27(32)29(24)18-8-6-5-7-9-18/h10-16,18,24,30H,3-9H2,1-2H3/b25-23+. The van der Waals surface area contributed by atoms with E-state index in [0.29, 0.717) is 24.7 Å². The van der Waals surface area contributed by atoms with E-state index in [2.05, 4.69) is 0 Å². The zero-order valence-electron chi connectivity index (χ0n) is 19.6. The van der Waals surface area contributed by atoms with Crippen molar-refractivity contribution in [2.24, 2.45) is 0 Å². The van der Waals surface area contributed by atoms with Crippen molar-refractivity contribution < 1.29 is 24.2 Å². The maximum absolute atomic E-state index is 13.3. The molecule has 1 unspecified atom stereocenters. The second-order valence-corrected chi connectivity index (χ2v) is 8.98. The van der Waals surface area contributed by atoms with Crippen molar-refractivity contribution in [1.82, 2.24) is 4.90 Å². The number of nitrogens with zero attached hydrogens (tertiary/aromatic N) is 1. The Morgan fingerprint density at radius 2 is 1.59 bits per heavy atom. The van der Waals surface area contributed by atoms with Crippen molar-refractivity contribution in [3.8, 4) is 11.5 Å². The first-order valence-electron chi connectivity index (χ1n) is 11.9. The van der Waals surface area contributed by atoms with E-state index in [-0.39, 0.29) is 28.0 Å². The minimum absolute atomic E-state index is 0.0512. The highest BCUT2D eigenvalue weighted by molar-refractivity contribution is 6.47. The van der Waals surface area contributed by atoms with Gasteiger partial charge in [-0.1, -0.05) is 43.0 Å². The third-order valence-electron chi connectivity index (χ3n) is 6.46. The summed E-state index contributed by atoms with van der Waals surface area (Å²) in [6, 6.07) is 11.5. The van der Waals surface area contributed by atoms with E-state index >= 15 is 0 Å². The van der Waals surface area contributed by atoms with Crippen LogP contribution in [0.25, 0.3) is 5.76 Å². The molecule has 180 valence electrons. The Balaban J connectivity index is 1.86. The van der Waals surface area contributed by atoms with Crippen LogP contribution in [-0.2, 0) is 9.59 Å². The minimum atomic E-state index is -0.703. The van der Waals surface area contributed by atoms with Crippen LogP contribution < -0.4 is 9.47 Å². The van der Waals surface area contributed by atoms with Crippen LogP contribution in [0.5, 0.6) is 11.5 Å². The molecule has 2 aromatic rings. The van der Waals surface area contributed by atoms with Crippen molar-refractivity contribution in [3.05, 3.63) is 64.2 Å². The number of rotatable bonds is 7. The normalized spacial score (nSPS) is 20.6. The summed E-state index contributed by atoms with van der Waals surface area (Å²) in [5.74, 6) is -0.341. The molecular weight excluding hydrogens is 454 g/mol. The van der Waals surface area contributed by atoms with E-state index in [1.54, 1.807) is 23.1 Å². The molecule has 0 radical (unpaired) electrons. The summed E-state index contributed by atoms with van der Waals surface area (Å²) in [5, 5.41) is 11.7. The molecule has 4 rings (SSSR count). The molecule has 1 aliphatic heterocycles. The van der Waals surface area contributed by atoms with Crippen LogP contribution in [0, 0.1) is 0 Å². The summed E-state index contributed by atoms with van der Waals surface area (Å²) in [6.07, 6.45) is 4.80. The lowest BCUT2D eigenvalue weighted by molar-refractivity contribution is -0.141. The lowest BCUT2D eigenvalue weighted by Crippen LogP contribution is -2.40. The van der Waals surface area contributed by atoms with E-state index in [1.807, 2.05) is 38.1 Å². The fourth-order valence-corrected chi connectivity index (χ4v) is 5.12. The Morgan fingerprint density at radius 3 is 2.24 bits per heavy atom. The average molecular weight is 484 g/mol. The van der Waals surface area contributed by atoms with Gasteiger partial charge in [0.15, 0.2) is 0 Å². The van der Waals surface area contributed by atoms with Gasteiger partial charge in [0.05, 0.1) is 29.9 Å². The smallest absolute Gasteiger partial charge is 0.295 e. The van der Waals surface area contributed by atoms with Gasteiger partial charge in [-0.2, -0.15) is 0 Å². The van der Waals surface area contributed by atoms with Gasteiger partial charge in [0.2, 0.25) is 0 Å². The number of hydrogen-bond acceptors (Lipinski definition) is 5. The molecular formula is C27H30ClNO5. The molecule has 1 aliphatic carbocycles. The summed E-state index contributed by atoms with van der Waals surface area (Å²) in [6.45, 7) is 4.75.